The van der Waals surface area contributed by atoms with Gasteiger partial charge < -0.3 is 15.4 Å². The molecule has 0 saturated carbocycles. The molecule has 0 radical (unpaired) electrons. The van der Waals surface area contributed by atoms with Crippen LogP contribution in [0.5, 0.6) is 5.75 Å². The second-order valence-electron chi connectivity index (χ2n) is 5.63. The van der Waals surface area contributed by atoms with Crippen molar-refractivity contribution >= 4 is 23.2 Å². The molecule has 0 saturated heterocycles. The van der Waals surface area contributed by atoms with E-state index in [1.807, 2.05) is 0 Å². The number of hydrogen-bond acceptors (Lipinski definition) is 5. The van der Waals surface area contributed by atoms with Gasteiger partial charge in [0.25, 0.3) is 0 Å². The van der Waals surface area contributed by atoms with E-state index < -0.39 is 11.6 Å². The van der Waals surface area contributed by atoms with Crippen LogP contribution in [0.3, 0.4) is 0 Å². The largest absolute Gasteiger partial charge is 0.497 e. The summed E-state index contributed by atoms with van der Waals surface area (Å²) in [6.07, 6.45) is 0.173. The van der Waals surface area contributed by atoms with E-state index in [2.05, 4.69) is 20.8 Å². The van der Waals surface area contributed by atoms with E-state index in [1.54, 1.807) is 31.4 Å². The number of ether oxygens (including phenoxy) is 1. The van der Waals surface area contributed by atoms with Crippen LogP contribution in [0.4, 0.5) is 26.1 Å². The zero-order valence-corrected chi connectivity index (χ0v) is 14.4. The SMILES string of the molecule is COc1ccc(CC(=O)Nc2ccc(Nc3ccc(F)cc3F)nn2)cc1. The van der Waals surface area contributed by atoms with E-state index in [-0.39, 0.29) is 29.7 Å². The predicted molar refractivity (Wildman–Crippen MR) is 97.0 cm³/mol. The molecule has 3 rings (SSSR count). The fraction of sp³-hybridized carbons (Fsp3) is 0.105. The Morgan fingerprint density at radius 3 is 2.33 bits per heavy atom. The molecule has 0 atom stereocenters. The van der Waals surface area contributed by atoms with Gasteiger partial charge in [-0.05, 0) is 42.0 Å². The zero-order chi connectivity index (χ0) is 19.2. The minimum atomic E-state index is -0.742. The Bertz CT molecular complexity index is 931. The van der Waals surface area contributed by atoms with Gasteiger partial charge in [-0.3, -0.25) is 4.79 Å². The smallest absolute Gasteiger partial charge is 0.229 e. The number of rotatable bonds is 6. The molecule has 2 N–H and O–H groups in total. The number of carbonyl (C=O) groups excluding carboxylic acids is 1. The third kappa shape index (κ3) is 4.97. The van der Waals surface area contributed by atoms with Gasteiger partial charge in [0.1, 0.15) is 17.4 Å². The normalized spacial score (nSPS) is 10.3. The number of benzene rings is 2. The van der Waals surface area contributed by atoms with Crippen LogP contribution in [-0.4, -0.2) is 23.2 Å². The molecule has 138 valence electrons. The van der Waals surface area contributed by atoms with Crippen LogP contribution in [-0.2, 0) is 11.2 Å². The molecule has 0 aliphatic rings. The number of halogens is 2. The molecule has 8 heteroatoms. The lowest BCUT2D eigenvalue weighted by Gasteiger charge is -2.08. The van der Waals surface area contributed by atoms with Crippen LogP contribution in [0.25, 0.3) is 0 Å². The standard InChI is InChI=1S/C19H16F2N4O2/c1-27-14-5-2-12(3-6-14)10-19(26)23-18-9-8-17(24-25-18)22-16-7-4-13(20)11-15(16)21/h2-9,11H,10H2,1H3,(H,22,24)(H,23,25,26). The fourth-order valence-electron chi connectivity index (χ4n) is 2.31. The second-order valence-corrected chi connectivity index (χ2v) is 5.63. The fourth-order valence-corrected chi connectivity index (χ4v) is 2.31. The summed E-state index contributed by atoms with van der Waals surface area (Å²) in [4.78, 5) is 12.1. The summed E-state index contributed by atoms with van der Waals surface area (Å²) >= 11 is 0. The Kier molecular flexibility index (Phi) is 5.55. The lowest BCUT2D eigenvalue weighted by atomic mass is 10.1. The number of carbonyl (C=O) groups is 1. The van der Waals surface area contributed by atoms with Crippen LogP contribution in [0.15, 0.2) is 54.6 Å². The van der Waals surface area contributed by atoms with Crippen molar-refractivity contribution in [1.29, 1.82) is 0 Å². The van der Waals surface area contributed by atoms with E-state index in [1.165, 1.54) is 18.2 Å². The van der Waals surface area contributed by atoms with Crippen molar-refractivity contribution in [3.8, 4) is 5.75 Å². The van der Waals surface area contributed by atoms with Gasteiger partial charge in [-0.15, -0.1) is 10.2 Å². The topological polar surface area (TPSA) is 76.1 Å². The van der Waals surface area contributed by atoms with E-state index in [9.17, 15) is 13.6 Å². The minimum absolute atomic E-state index is 0.0713. The summed E-state index contributed by atoms with van der Waals surface area (Å²) in [5.74, 6) is -0.425. The summed E-state index contributed by atoms with van der Waals surface area (Å²) in [7, 11) is 1.57. The van der Waals surface area contributed by atoms with Gasteiger partial charge in [-0.1, -0.05) is 12.1 Å². The van der Waals surface area contributed by atoms with Gasteiger partial charge in [0.2, 0.25) is 5.91 Å². The maximum Gasteiger partial charge on any atom is 0.229 e. The molecule has 0 bridgehead atoms. The molecular weight excluding hydrogens is 354 g/mol. The molecule has 6 nitrogen and oxygen atoms in total. The first kappa shape index (κ1) is 18.2. The van der Waals surface area contributed by atoms with Crippen molar-refractivity contribution in [2.45, 2.75) is 6.42 Å². The Balaban J connectivity index is 1.58. The van der Waals surface area contributed by atoms with Gasteiger partial charge in [0.05, 0.1) is 19.2 Å². The highest BCUT2D eigenvalue weighted by atomic mass is 19.1. The molecule has 0 aliphatic carbocycles. The summed E-state index contributed by atoms with van der Waals surface area (Å²) in [6.45, 7) is 0. The first-order valence-corrected chi connectivity index (χ1v) is 8.02. The molecule has 1 heterocycles. The summed E-state index contributed by atoms with van der Waals surface area (Å²) in [5.41, 5.74) is 0.897. The third-order valence-electron chi connectivity index (χ3n) is 3.65. The first-order chi connectivity index (χ1) is 13.0. The molecule has 1 aromatic heterocycles. The summed E-state index contributed by atoms with van der Waals surface area (Å²) in [6, 6.07) is 13.4. The predicted octanol–water partition coefficient (Wildman–Crippen LogP) is 3.69. The third-order valence-corrected chi connectivity index (χ3v) is 3.65. The molecule has 0 fully saturated rings. The van der Waals surface area contributed by atoms with Gasteiger partial charge in [0, 0.05) is 6.07 Å². The van der Waals surface area contributed by atoms with Crippen molar-refractivity contribution in [3.05, 3.63) is 71.8 Å². The van der Waals surface area contributed by atoms with Gasteiger partial charge in [-0.2, -0.15) is 0 Å². The summed E-state index contributed by atoms with van der Waals surface area (Å²) < 4.78 is 31.6. The van der Waals surface area contributed by atoms with Gasteiger partial charge in [-0.25, -0.2) is 8.78 Å². The maximum absolute atomic E-state index is 13.6. The van der Waals surface area contributed by atoms with E-state index >= 15 is 0 Å². The van der Waals surface area contributed by atoms with Gasteiger partial charge in [0.15, 0.2) is 11.6 Å². The van der Waals surface area contributed by atoms with E-state index in [0.717, 1.165) is 17.7 Å². The lowest BCUT2D eigenvalue weighted by Crippen LogP contribution is -2.15. The van der Waals surface area contributed by atoms with Crippen LogP contribution in [0.1, 0.15) is 5.56 Å². The van der Waals surface area contributed by atoms with Crippen molar-refractivity contribution in [3.63, 3.8) is 0 Å². The number of anilines is 3. The lowest BCUT2D eigenvalue weighted by molar-refractivity contribution is -0.115. The number of aromatic nitrogens is 2. The second kappa shape index (κ2) is 8.22. The quantitative estimate of drug-likeness (QED) is 0.692. The number of methoxy groups -OCH3 is 1. The molecule has 0 aliphatic heterocycles. The van der Waals surface area contributed by atoms with Crippen molar-refractivity contribution in [1.82, 2.24) is 10.2 Å². The first-order valence-electron chi connectivity index (χ1n) is 8.02. The maximum atomic E-state index is 13.6. The van der Waals surface area contributed by atoms with E-state index in [4.69, 9.17) is 4.74 Å². The highest BCUT2D eigenvalue weighted by Crippen LogP contribution is 2.19. The molecule has 2 aromatic carbocycles. The van der Waals surface area contributed by atoms with E-state index in [0.29, 0.717) is 5.75 Å². The number of nitrogens with one attached hydrogen (secondary N) is 2. The molecule has 27 heavy (non-hydrogen) atoms. The minimum Gasteiger partial charge on any atom is -0.497 e. The Labute approximate surface area is 154 Å². The van der Waals surface area contributed by atoms with Crippen LogP contribution in [0.2, 0.25) is 0 Å². The van der Waals surface area contributed by atoms with Crippen LogP contribution < -0.4 is 15.4 Å². The average Bonchev–Trinajstić information content (AvgIpc) is 2.66. The van der Waals surface area contributed by atoms with Crippen molar-refractivity contribution in [2.24, 2.45) is 0 Å². The molecule has 0 spiro atoms. The average molecular weight is 370 g/mol. The number of amides is 1. The van der Waals surface area contributed by atoms with Crippen LogP contribution >= 0.6 is 0 Å². The highest BCUT2D eigenvalue weighted by Gasteiger charge is 2.08. The number of hydrogen-bond donors (Lipinski definition) is 2. The molecule has 0 unspecified atom stereocenters. The zero-order valence-electron chi connectivity index (χ0n) is 14.4. The number of nitrogens with zero attached hydrogens (tertiary/aromatic N) is 2. The van der Waals surface area contributed by atoms with Gasteiger partial charge >= 0.3 is 0 Å². The van der Waals surface area contributed by atoms with Crippen molar-refractivity contribution < 1.29 is 18.3 Å². The molecular formula is C19H16F2N4O2. The molecule has 1 amide bonds. The van der Waals surface area contributed by atoms with Crippen molar-refractivity contribution in [2.75, 3.05) is 17.7 Å². The Morgan fingerprint density at radius 2 is 1.70 bits per heavy atom. The Hall–Kier alpha value is -3.55. The molecule has 3 aromatic rings. The van der Waals surface area contributed by atoms with Crippen LogP contribution in [0, 0.1) is 11.6 Å². The Morgan fingerprint density at radius 1 is 1.00 bits per heavy atom. The summed E-state index contributed by atoms with van der Waals surface area (Å²) in [5, 5.41) is 13.1. The monoisotopic (exact) mass is 370 g/mol. The highest BCUT2D eigenvalue weighted by molar-refractivity contribution is 5.91.